The van der Waals surface area contributed by atoms with Crippen LogP contribution in [-0.2, 0) is 22.7 Å². The van der Waals surface area contributed by atoms with Gasteiger partial charge in [-0.05, 0) is 42.0 Å². The normalized spacial score (nSPS) is 12.0. The van der Waals surface area contributed by atoms with Crippen LogP contribution in [0.2, 0.25) is 0 Å². The standard InChI is InChI=1S/C15H10F4N2O2S/c16-14-7-11(3-6-13(14)15(17,18)19)9-21-24(22,23)12-4-1-10(8-20)2-5-12/h1-7,21H,9H2. The molecular formula is C15H10F4N2O2S. The third-order valence-corrected chi connectivity index (χ3v) is 4.52. The van der Waals surface area contributed by atoms with Gasteiger partial charge in [-0.1, -0.05) is 6.07 Å². The molecule has 0 aliphatic rings. The van der Waals surface area contributed by atoms with Gasteiger partial charge in [0.25, 0.3) is 0 Å². The Morgan fingerprint density at radius 2 is 1.71 bits per heavy atom. The van der Waals surface area contributed by atoms with Crippen molar-refractivity contribution < 1.29 is 26.0 Å². The van der Waals surface area contributed by atoms with E-state index in [1.807, 2.05) is 6.07 Å². The number of nitrogens with zero attached hydrogens (tertiary/aromatic N) is 1. The first-order valence-electron chi connectivity index (χ1n) is 6.49. The van der Waals surface area contributed by atoms with E-state index in [1.165, 1.54) is 24.3 Å². The fraction of sp³-hybridized carbons (Fsp3) is 0.133. The number of nitrogens with one attached hydrogen (secondary N) is 1. The van der Waals surface area contributed by atoms with Crippen molar-refractivity contribution in [3.05, 3.63) is 65.0 Å². The third-order valence-electron chi connectivity index (χ3n) is 3.10. The van der Waals surface area contributed by atoms with Crippen molar-refractivity contribution in [2.24, 2.45) is 0 Å². The molecule has 0 aromatic heterocycles. The van der Waals surface area contributed by atoms with E-state index in [9.17, 15) is 26.0 Å². The van der Waals surface area contributed by atoms with Crippen molar-refractivity contribution in [3.63, 3.8) is 0 Å². The first-order valence-corrected chi connectivity index (χ1v) is 7.97. The Labute approximate surface area is 135 Å². The van der Waals surface area contributed by atoms with Gasteiger partial charge in [0, 0.05) is 6.54 Å². The molecule has 0 aliphatic carbocycles. The van der Waals surface area contributed by atoms with Gasteiger partial charge in [0.15, 0.2) is 0 Å². The predicted molar refractivity (Wildman–Crippen MR) is 76.6 cm³/mol. The van der Waals surface area contributed by atoms with Gasteiger partial charge in [-0.3, -0.25) is 0 Å². The summed E-state index contributed by atoms with van der Waals surface area (Å²) >= 11 is 0. The molecule has 0 aliphatic heterocycles. The smallest absolute Gasteiger partial charge is 0.207 e. The van der Waals surface area contributed by atoms with Crippen LogP contribution >= 0.6 is 0 Å². The molecule has 9 heteroatoms. The Bertz CT molecular complexity index is 885. The largest absolute Gasteiger partial charge is 0.419 e. The first kappa shape index (κ1) is 17.9. The van der Waals surface area contributed by atoms with E-state index in [-0.39, 0.29) is 22.6 Å². The average molecular weight is 358 g/mol. The second kappa shape index (κ2) is 6.59. The molecule has 0 radical (unpaired) electrons. The number of alkyl halides is 3. The van der Waals surface area contributed by atoms with Crippen LogP contribution in [0.1, 0.15) is 16.7 Å². The molecular weight excluding hydrogens is 348 g/mol. The molecule has 0 bridgehead atoms. The summed E-state index contributed by atoms with van der Waals surface area (Å²) in [6, 6.07) is 9.07. The average Bonchev–Trinajstić information content (AvgIpc) is 2.52. The van der Waals surface area contributed by atoms with Crippen LogP contribution < -0.4 is 4.72 Å². The number of nitriles is 1. The number of rotatable bonds is 4. The van der Waals surface area contributed by atoms with Gasteiger partial charge in [0.05, 0.1) is 22.1 Å². The van der Waals surface area contributed by atoms with Crippen molar-refractivity contribution in [2.45, 2.75) is 17.6 Å². The van der Waals surface area contributed by atoms with Crippen LogP contribution in [0.4, 0.5) is 17.6 Å². The predicted octanol–water partition coefficient (Wildman–Crippen LogP) is 3.19. The van der Waals surface area contributed by atoms with E-state index >= 15 is 0 Å². The minimum atomic E-state index is -4.81. The van der Waals surface area contributed by atoms with Crippen molar-refractivity contribution in [1.29, 1.82) is 5.26 Å². The van der Waals surface area contributed by atoms with Crippen LogP contribution in [0.3, 0.4) is 0 Å². The first-order chi connectivity index (χ1) is 11.1. The van der Waals surface area contributed by atoms with Crippen LogP contribution in [0, 0.1) is 17.1 Å². The Balaban J connectivity index is 2.15. The number of hydrogen-bond acceptors (Lipinski definition) is 3. The molecule has 4 nitrogen and oxygen atoms in total. The summed E-state index contributed by atoms with van der Waals surface area (Å²) in [5.41, 5.74) is -1.10. The fourth-order valence-corrected chi connectivity index (χ4v) is 2.89. The number of halogens is 4. The maximum Gasteiger partial charge on any atom is 0.419 e. The van der Waals surface area contributed by atoms with Gasteiger partial charge in [-0.2, -0.15) is 18.4 Å². The van der Waals surface area contributed by atoms with E-state index in [0.29, 0.717) is 12.1 Å². The highest BCUT2D eigenvalue weighted by Gasteiger charge is 2.33. The number of benzene rings is 2. The van der Waals surface area contributed by atoms with Gasteiger partial charge in [-0.25, -0.2) is 17.5 Å². The van der Waals surface area contributed by atoms with Crippen LogP contribution in [0.15, 0.2) is 47.4 Å². The minimum absolute atomic E-state index is 0.0396. The zero-order valence-electron chi connectivity index (χ0n) is 11.9. The van der Waals surface area contributed by atoms with E-state index in [2.05, 4.69) is 4.72 Å². The number of sulfonamides is 1. The Kier molecular flexibility index (Phi) is 4.91. The molecule has 126 valence electrons. The van der Waals surface area contributed by atoms with E-state index in [0.717, 1.165) is 6.07 Å². The fourth-order valence-electron chi connectivity index (χ4n) is 1.87. The Morgan fingerprint density at radius 1 is 1.08 bits per heavy atom. The zero-order chi connectivity index (χ0) is 18.0. The lowest BCUT2D eigenvalue weighted by atomic mass is 10.1. The topological polar surface area (TPSA) is 70.0 Å². The SMILES string of the molecule is N#Cc1ccc(S(=O)(=O)NCc2ccc(C(F)(F)F)c(F)c2)cc1. The van der Waals surface area contributed by atoms with Crippen LogP contribution in [0.5, 0.6) is 0 Å². The molecule has 2 rings (SSSR count). The van der Waals surface area contributed by atoms with E-state index < -0.39 is 27.6 Å². The highest BCUT2D eigenvalue weighted by atomic mass is 32.2. The molecule has 0 saturated heterocycles. The van der Waals surface area contributed by atoms with Gasteiger partial charge >= 0.3 is 6.18 Å². The maximum absolute atomic E-state index is 13.4. The zero-order valence-corrected chi connectivity index (χ0v) is 12.7. The lowest BCUT2D eigenvalue weighted by molar-refractivity contribution is -0.140. The van der Waals surface area contributed by atoms with Gasteiger partial charge in [0.1, 0.15) is 5.82 Å². The summed E-state index contributed by atoms with van der Waals surface area (Å²) in [5, 5.41) is 8.66. The van der Waals surface area contributed by atoms with Crippen LogP contribution in [-0.4, -0.2) is 8.42 Å². The lowest BCUT2D eigenvalue weighted by Gasteiger charge is -2.10. The minimum Gasteiger partial charge on any atom is -0.207 e. The molecule has 0 saturated carbocycles. The molecule has 24 heavy (non-hydrogen) atoms. The summed E-state index contributed by atoms with van der Waals surface area (Å²) in [6.07, 6.45) is -4.81. The maximum atomic E-state index is 13.4. The highest BCUT2D eigenvalue weighted by molar-refractivity contribution is 7.89. The monoisotopic (exact) mass is 358 g/mol. The Hall–Kier alpha value is -2.44. The molecule has 0 heterocycles. The molecule has 0 fully saturated rings. The second-order valence-electron chi connectivity index (χ2n) is 4.77. The quantitative estimate of drug-likeness (QED) is 0.854. The molecule has 0 amide bonds. The van der Waals surface area contributed by atoms with Crippen molar-refractivity contribution in [3.8, 4) is 6.07 Å². The summed E-state index contributed by atoms with van der Waals surface area (Å²) in [7, 11) is -3.94. The molecule has 0 unspecified atom stereocenters. The van der Waals surface area contributed by atoms with Crippen molar-refractivity contribution >= 4 is 10.0 Å². The van der Waals surface area contributed by atoms with E-state index in [1.54, 1.807) is 0 Å². The third kappa shape index (κ3) is 4.10. The molecule has 1 N–H and O–H groups in total. The Morgan fingerprint density at radius 3 is 2.21 bits per heavy atom. The van der Waals surface area contributed by atoms with Gasteiger partial charge in [0.2, 0.25) is 10.0 Å². The van der Waals surface area contributed by atoms with E-state index in [4.69, 9.17) is 5.26 Å². The molecule has 2 aromatic rings. The van der Waals surface area contributed by atoms with Crippen LogP contribution in [0.25, 0.3) is 0 Å². The second-order valence-corrected chi connectivity index (χ2v) is 6.54. The summed E-state index contributed by atoms with van der Waals surface area (Å²) in [4.78, 5) is -0.117. The summed E-state index contributed by atoms with van der Waals surface area (Å²) in [5.74, 6) is -1.47. The van der Waals surface area contributed by atoms with Crippen molar-refractivity contribution in [1.82, 2.24) is 4.72 Å². The summed E-state index contributed by atoms with van der Waals surface area (Å²) in [6.45, 7) is -0.378. The van der Waals surface area contributed by atoms with Gasteiger partial charge in [-0.15, -0.1) is 0 Å². The molecule has 2 aromatic carbocycles. The van der Waals surface area contributed by atoms with Gasteiger partial charge < -0.3 is 0 Å². The summed E-state index contributed by atoms with van der Waals surface area (Å²) < 4.78 is 77.1. The van der Waals surface area contributed by atoms with Crippen molar-refractivity contribution in [2.75, 3.05) is 0 Å². The highest BCUT2D eigenvalue weighted by Crippen LogP contribution is 2.31. The molecule has 0 spiro atoms. The number of hydrogen-bond donors (Lipinski definition) is 1. The molecule has 0 atom stereocenters. The lowest BCUT2D eigenvalue weighted by Crippen LogP contribution is -2.23.